The highest BCUT2D eigenvalue weighted by Gasteiger charge is 2.51. The molecule has 0 aromatic heterocycles. The van der Waals surface area contributed by atoms with Gasteiger partial charge in [-0.05, 0) is 19.8 Å². The van der Waals surface area contributed by atoms with Crippen LogP contribution in [0.1, 0.15) is 19.8 Å². The van der Waals surface area contributed by atoms with E-state index in [-0.39, 0.29) is 29.8 Å². The van der Waals surface area contributed by atoms with Crippen LogP contribution in [-0.2, 0) is 14.3 Å². The topological polar surface area (TPSA) is 84.7 Å². The van der Waals surface area contributed by atoms with Gasteiger partial charge in [-0.1, -0.05) is 0 Å². The normalized spacial score (nSPS) is 42.1. The molecular formula is C13H21N3O3. The number of nitrogens with zero attached hydrogens (tertiary/aromatic N) is 1. The van der Waals surface area contributed by atoms with E-state index in [0.29, 0.717) is 19.8 Å². The highest BCUT2D eigenvalue weighted by molar-refractivity contribution is 5.87. The number of ether oxygens (including phenoxy) is 1. The molecule has 0 aromatic carbocycles. The van der Waals surface area contributed by atoms with Crippen molar-refractivity contribution in [2.45, 2.75) is 31.8 Å². The minimum absolute atomic E-state index is 0.00150. The van der Waals surface area contributed by atoms with Gasteiger partial charge in [0.05, 0.1) is 30.6 Å². The van der Waals surface area contributed by atoms with E-state index in [1.165, 1.54) is 0 Å². The summed E-state index contributed by atoms with van der Waals surface area (Å²) in [6, 6.07) is -0.260. The minimum Gasteiger partial charge on any atom is -0.379 e. The zero-order valence-corrected chi connectivity index (χ0v) is 11.2. The van der Waals surface area contributed by atoms with Gasteiger partial charge in [0.2, 0.25) is 11.8 Å². The van der Waals surface area contributed by atoms with Crippen LogP contribution in [0.5, 0.6) is 0 Å². The molecule has 4 unspecified atom stereocenters. The largest absolute Gasteiger partial charge is 0.379 e. The average molecular weight is 267 g/mol. The number of carbonyl (C=O) groups excluding carboxylic acids is 2. The molecule has 0 saturated carbocycles. The summed E-state index contributed by atoms with van der Waals surface area (Å²) in [5.74, 6) is 0.0863. The lowest BCUT2D eigenvalue weighted by atomic mass is 9.81. The summed E-state index contributed by atoms with van der Waals surface area (Å²) in [5, 5.41) is 2.87. The van der Waals surface area contributed by atoms with Gasteiger partial charge in [-0.15, -0.1) is 0 Å². The van der Waals surface area contributed by atoms with Crippen LogP contribution < -0.4 is 11.1 Å². The van der Waals surface area contributed by atoms with Crippen LogP contribution >= 0.6 is 0 Å². The van der Waals surface area contributed by atoms with E-state index in [1.54, 1.807) is 0 Å². The van der Waals surface area contributed by atoms with Crippen molar-refractivity contribution in [2.24, 2.45) is 17.1 Å². The van der Waals surface area contributed by atoms with E-state index in [2.05, 4.69) is 5.32 Å². The standard InChI is InChI=1S/C13H21N3O3/c1-13(7-19-6-10(13)14)12(18)16-4-2-3-8-9(16)5-15-11(8)17/h8-10H,2-7,14H2,1H3,(H,15,17). The maximum absolute atomic E-state index is 12.8. The van der Waals surface area contributed by atoms with Gasteiger partial charge in [-0.25, -0.2) is 0 Å². The fourth-order valence-electron chi connectivity index (χ4n) is 3.44. The number of hydrogen-bond acceptors (Lipinski definition) is 4. The number of hydrogen-bond donors (Lipinski definition) is 2. The molecule has 4 atom stereocenters. The lowest BCUT2D eigenvalue weighted by Gasteiger charge is -2.41. The van der Waals surface area contributed by atoms with E-state index in [9.17, 15) is 9.59 Å². The molecule has 3 rings (SSSR count). The molecule has 0 bridgehead atoms. The quantitative estimate of drug-likeness (QED) is 0.644. The van der Waals surface area contributed by atoms with Gasteiger partial charge in [0.1, 0.15) is 0 Å². The van der Waals surface area contributed by atoms with Gasteiger partial charge >= 0.3 is 0 Å². The average Bonchev–Trinajstić information content (AvgIpc) is 2.94. The van der Waals surface area contributed by atoms with Crippen LogP contribution in [0.25, 0.3) is 0 Å². The first-order chi connectivity index (χ1) is 9.04. The molecule has 0 spiro atoms. The Morgan fingerprint density at radius 3 is 3.05 bits per heavy atom. The number of piperidine rings is 1. The summed E-state index contributed by atoms with van der Waals surface area (Å²) >= 11 is 0. The number of fused-ring (bicyclic) bond motifs is 1. The Bertz CT molecular complexity index is 414. The summed E-state index contributed by atoms with van der Waals surface area (Å²) < 4.78 is 5.36. The van der Waals surface area contributed by atoms with Gasteiger partial charge in [0.25, 0.3) is 0 Å². The maximum atomic E-state index is 12.8. The van der Waals surface area contributed by atoms with Crippen LogP contribution in [0.3, 0.4) is 0 Å². The molecular weight excluding hydrogens is 246 g/mol. The van der Waals surface area contributed by atoms with Crippen molar-refractivity contribution in [1.82, 2.24) is 10.2 Å². The third-order valence-electron chi connectivity index (χ3n) is 4.87. The third-order valence-corrected chi connectivity index (χ3v) is 4.87. The Morgan fingerprint density at radius 1 is 1.58 bits per heavy atom. The first-order valence-electron chi connectivity index (χ1n) is 6.96. The van der Waals surface area contributed by atoms with Crippen molar-refractivity contribution in [1.29, 1.82) is 0 Å². The van der Waals surface area contributed by atoms with Crippen molar-refractivity contribution in [2.75, 3.05) is 26.3 Å². The summed E-state index contributed by atoms with van der Waals surface area (Å²) in [6.45, 7) is 3.98. The van der Waals surface area contributed by atoms with Crippen LogP contribution in [0.4, 0.5) is 0 Å². The maximum Gasteiger partial charge on any atom is 0.232 e. The third kappa shape index (κ3) is 1.85. The minimum atomic E-state index is -0.645. The fraction of sp³-hybridized carbons (Fsp3) is 0.846. The van der Waals surface area contributed by atoms with Crippen LogP contribution in [-0.4, -0.2) is 55.1 Å². The summed E-state index contributed by atoms with van der Waals surface area (Å²) in [6.07, 6.45) is 1.76. The highest BCUT2D eigenvalue weighted by atomic mass is 16.5. The monoisotopic (exact) mass is 267 g/mol. The van der Waals surface area contributed by atoms with E-state index in [1.807, 2.05) is 11.8 Å². The zero-order valence-electron chi connectivity index (χ0n) is 11.2. The second-order valence-corrected chi connectivity index (χ2v) is 6.10. The predicted octanol–water partition coefficient (Wildman–Crippen LogP) is -0.913. The van der Waals surface area contributed by atoms with Crippen molar-refractivity contribution in [3.05, 3.63) is 0 Å². The second-order valence-electron chi connectivity index (χ2n) is 6.10. The fourth-order valence-corrected chi connectivity index (χ4v) is 3.44. The van der Waals surface area contributed by atoms with Gasteiger partial charge in [0, 0.05) is 19.1 Å². The van der Waals surface area contributed by atoms with Crippen LogP contribution in [0.2, 0.25) is 0 Å². The van der Waals surface area contributed by atoms with Crippen LogP contribution in [0, 0.1) is 11.3 Å². The zero-order chi connectivity index (χ0) is 13.6. The summed E-state index contributed by atoms with van der Waals surface area (Å²) in [7, 11) is 0. The Hall–Kier alpha value is -1.14. The van der Waals surface area contributed by atoms with Crippen molar-refractivity contribution in [3.63, 3.8) is 0 Å². The summed E-state index contributed by atoms with van der Waals surface area (Å²) in [4.78, 5) is 26.4. The van der Waals surface area contributed by atoms with Gasteiger partial charge < -0.3 is 20.7 Å². The molecule has 19 heavy (non-hydrogen) atoms. The molecule has 6 nitrogen and oxygen atoms in total. The van der Waals surface area contributed by atoms with Crippen LogP contribution in [0.15, 0.2) is 0 Å². The van der Waals surface area contributed by atoms with E-state index in [0.717, 1.165) is 19.4 Å². The Balaban J connectivity index is 1.81. The molecule has 0 aromatic rings. The molecule has 0 radical (unpaired) electrons. The number of nitrogens with one attached hydrogen (secondary N) is 1. The number of likely N-dealkylation sites (tertiary alicyclic amines) is 1. The highest BCUT2D eigenvalue weighted by Crippen LogP contribution is 2.34. The Morgan fingerprint density at radius 2 is 2.37 bits per heavy atom. The van der Waals surface area contributed by atoms with Gasteiger partial charge in [-0.3, -0.25) is 9.59 Å². The predicted molar refractivity (Wildman–Crippen MR) is 68.1 cm³/mol. The number of carbonyl (C=O) groups is 2. The first-order valence-corrected chi connectivity index (χ1v) is 6.96. The number of nitrogens with two attached hydrogens (primary N) is 1. The molecule has 3 aliphatic rings. The van der Waals surface area contributed by atoms with Crippen molar-refractivity contribution >= 4 is 11.8 Å². The lowest BCUT2D eigenvalue weighted by molar-refractivity contribution is -0.146. The Kier molecular flexibility index (Phi) is 3.02. The van der Waals surface area contributed by atoms with Gasteiger partial charge in [0.15, 0.2) is 0 Å². The first kappa shape index (κ1) is 12.9. The molecule has 3 heterocycles. The second kappa shape index (κ2) is 4.45. The SMILES string of the molecule is CC1(C(=O)N2CCCC3C(=O)NCC32)COCC1N. The van der Waals surface area contributed by atoms with E-state index >= 15 is 0 Å². The number of rotatable bonds is 1. The molecule has 3 N–H and O–H groups in total. The van der Waals surface area contributed by atoms with Gasteiger partial charge in [-0.2, -0.15) is 0 Å². The molecule has 0 aliphatic carbocycles. The Labute approximate surface area is 112 Å². The molecule has 3 saturated heterocycles. The van der Waals surface area contributed by atoms with Crippen molar-refractivity contribution in [3.8, 4) is 0 Å². The molecule has 6 heteroatoms. The van der Waals surface area contributed by atoms with E-state index < -0.39 is 5.41 Å². The van der Waals surface area contributed by atoms with Crippen molar-refractivity contribution < 1.29 is 14.3 Å². The molecule has 3 aliphatic heterocycles. The molecule has 106 valence electrons. The summed E-state index contributed by atoms with van der Waals surface area (Å²) in [5.41, 5.74) is 5.38. The van der Waals surface area contributed by atoms with E-state index in [4.69, 9.17) is 10.5 Å². The smallest absolute Gasteiger partial charge is 0.232 e. The molecule has 2 amide bonds. The number of amides is 2. The lowest BCUT2D eigenvalue weighted by Crippen LogP contribution is -2.57. The molecule has 3 fully saturated rings.